The number of rotatable bonds is 4. The number of fused-ring (bicyclic) bond motifs is 1. The van der Waals surface area contributed by atoms with Crippen molar-refractivity contribution < 1.29 is 19.1 Å². The van der Waals surface area contributed by atoms with E-state index in [1.807, 2.05) is 24.3 Å². The van der Waals surface area contributed by atoms with Gasteiger partial charge in [-0.05, 0) is 46.5 Å². The number of thioether (sulfide) groups is 1. The summed E-state index contributed by atoms with van der Waals surface area (Å²) in [5, 5.41) is 0.111. The van der Waals surface area contributed by atoms with E-state index in [0.29, 0.717) is 32.9 Å². The summed E-state index contributed by atoms with van der Waals surface area (Å²) in [6, 6.07) is 11.3. The van der Waals surface area contributed by atoms with Gasteiger partial charge in [-0.3, -0.25) is 14.5 Å². The summed E-state index contributed by atoms with van der Waals surface area (Å²) >= 11 is 7.22. The molecule has 0 atom stereocenters. The van der Waals surface area contributed by atoms with Crippen LogP contribution in [0.15, 0.2) is 41.3 Å². The van der Waals surface area contributed by atoms with Crippen molar-refractivity contribution in [1.82, 2.24) is 4.90 Å². The summed E-state index contributed by atoms with van der Waals surface area (Å²) in [5.41, 5.74) is 2.74. The highest BCUT2D eigenvalue weighted by Gasteiger charge is 2.35. The number of amides is 2. The molecule has 4 rings (SSSR count). The van der Waals surface area contributed by atoms with Gasteiger partial charge < -0.3 is 9.47 Å². The van der Waals surface area contributed by atoms with Crippen LogP contribution in [0.4, 0.5) is 4.79 Å². The monoisotopic (exact) mass is 415 g/mol. The van der Waals surface area contributed by atoms with E-state index in [1.165, 1.54) is 10.5 Å². The largest absolute Gasteiger partial charge is 0.454 e. The summed E-state index contributed by atoms with van der Waals surface area (Å²) in [7, 11) is 0. The van der Waals surface area contributed by atoms with Crippen molar-refractivity contribution in [2.24, 2.45) is 0 Å². The molecule has 0 unspecified atom stereocenters. The van der Waals surface area contributed by atoms with Crippen LogP contribution in [0.1, 0.15) is 36.5 Å². The third kappa shape index (κ3) is 3.62. The normalized spacial score (nSPS) is 17.3. The molecule has 0 bridgehead atoms. The van der Waals surface area contributed by atoms with Crippen LogP contribution in [0.2, 0.25) is 5.02 Å². The van der Waals surface area contributed by atoms with E-state index < -0.39 is 0 Å². The smallest absolute Gasteiger partial charge is 0.293 e. The topological polar surface area (TPSA) is 55.8 Å². The zero-order valence-electron chi connectivity index (χ0n) is 15.4. The van der Waals surface area contributed by atoms with Gasteiger partial charge in [-0.2, -0.15) is 0 Å². The molecule has 28 heavy (non-hydrogen) atoms. The average molecular weight is 416 g/mol. The zero-order chi connectivity index (χ0) is 19.8. The third-order valence-corrected chi connectivity index (χ3v) is 5.90. The van der Waals surface area contributed by atoms with Crippen LogP contribution < -0.4 is 9.47 Å². The van der Waals surface area contributed by atoms with Crippen LogP contribution in [0.25, 0.3) is 6.08 Å². The lowest BCUT2D eigenvalue weighted by molar-refractivity contribution is -0.123. The van der Waals surface area contributed by atoms with Crippen molar-refractivity contribution in [1.29, 1.82) is 0 Å². The summed E-state index contributed by atoms with van der Waals surface area (Å²) < 4.78 is 10.6. The molecule has 144 valence electrons. The summed E-state index contributed by atoms with van der Waals surface area (Å²) in [6.07, 6.45) is 1.75. The Morgan fingerprint density at radius 3 is 2.50 bits per heavy atom. The minimum atomic E-state index is -0.323. The van der Waals surface area contributed by atoms with E-state index in [0.717, 1.165) is 17.3 Å². The number of carbonyl (C=O) groups is 2. The Balaban J connectivity index is 1.54. The third-order valence-electron chi connectivity index (χ3n) is 4.64. The molecule has 0 aromatic heterocycles. The fourth-order valence-corrected chi connectivity index (χ4v) is 4.07. The second kappa shape index (κ2) is 7.53. The van der Waals surface area contributed by atoms with Crippen molar-refractivity contribution in [3.8, 4) is 11.5 Å². The van der Waals surface area contributed by atoms with E-state index >= 15 is 0 Å². The molecule has 2 heterocycles. The Morgan fingerprint density at radius 2 is 1.82 bits per heavy atom. The number of carbonyl (C=O) groups excluding carboxylic acids is 2. The maximum absolute atomic E-state index is 12.8. The predicted molar refractivity (Wildman–Crippen MR) is 110 cm³/mol. The van der Waals surface area contributed by atoms with Crippen molar-refractivity contribution in [2.75, 3.05) is 6.79 Å². The molecule has 1 fully saturated rings. The summed E-state index contributed by atoms with van der Waals surface area (Å²) in [4.78, 5) is 26.8. The van der Waals surface area contributed by atoms with E-state index in [2.05, 4.69) is 13.8 Å². The molecule has 0 aliphatic carbocycles. The van der Waals surface area contributed by atoms with Crippen LogP contribution in [-0.4, -0.2) is 22.8 Å². The van der Waals surface area contributed by atoms with Crippen LogP contribution in [0.3, 0.4) is 0 Å². The van der Waals surface area contributed by atoms with Gasteiger partial charge in [0.25, 0.3) is 11.1 Å². The van der Waals surface area contributed by atoms with Crippen LogP contribution in [-0.2, 0) is 11.3 Å². The van der Waals surface area contributed by atoms with E-state index in [9.17, 15) is 9.59 Å². The number of hydrogen-bond acceptors (Lipinski definition) is 5. The number of nitrogens with zero attached hydrogens (tertiary/aromatic N) is 1. The van der Waals surface area contributed by atoms with Gasteiger partial charge in [-0.15, -0.1) is 0 Å². The number of imide groups is 1. The average Bonchev–Trinajstić information content (AvgIpc) is 3.21. The van der Waals surface area contributed by atoms with E-state index in [1.54, 1.807) is 18.2 Å². The molecule has 2 aliphatic heterocycles. The molecule has 2 aromatic rings. The van der Waals surface area contributed by atoms with Crippen molar-refractivity contribution in [2.45, 2.75) is 26.3 Å². The molecule has 0 spiro atoms. The molecule has 2 aliphatic rings. The molecule has 0 saturated carbocycles. The van der Waals surface area contributed by atoms with Crippen LogP contribution >= 0.6 is 23.4 Å². The molecule has 2 amide bonds. The highest BCUT2D eigenvalue weighted by molar-refractivity contribution is 8.18. The van der Waals surface area contributed by atoms with Gasteiger partial charge in [0, 0.05) is 11.1 Å². The van der Waals surface area contributed by atoms with Crippen LogP contribution in [0.5, 0.6) is 11.5 Å². The molecule has 7 heteroatoms. The first-order valence-electron chi connectivity index (χ1n) is 8.85. The maximum atomic E-state index is 12.8. The minimum Gasteiger partial charge on any atom is -0.454 e. The zero-order valence-corrected chi connectivity index (χ0v) is 17.0. The van der Waals surface area contributed by atoms with Gasteiger partial charge in [0.2, 0.25) is 6.79 Å². The Labute approximate surface area is 172 Å². The lowest BCUT2D eigenvalue weighted by Gasteiger charge is -2.14. The van der Waals surface area contributed by atoms with Crippen molar-refractivity contribution in [3.05, 3.63) is 63.0 Å². The molecule has 1 saturated heterocycles. The Hall–Kier alpha value is -2.44. The standard InChI is InChI=1S/C21H18ClNO4S/c1-12(2)14-5-3-13(4-6-14)7-19-20(24)23(21(25)28-19)10-15-8-17-18(9-16(15)22)27-11-26-17/h3-9,12H,10-11H2,1-2H3/b19-7+. The Morgan fingerprint density at radius 1 is 1.14 bits per heavy atom. The Kier molecular flexibility index (Phi) is 5.08. The minimum absolute atomic E-state index is 0.0871. The fraction of sp³-hybridized carbons (Fsp3) is 0.238. The van der Waals surface area contributed by atoms with Gasteiger partial charge in [0.15, 0.2) is 11.5 Å². The summed E-state index contributed by atoms with van der Waals surface area (Å²) in [6.45, 7) is 4.47. The first-order valence-corrected chi connectivity index (χ1v) is 10.0. The molecule has 5 nitrogen and oxygen atoms in total. The van der Waals surface area contributed by atoms with Crippen LogP contribution in [0, 0.1) is 0 Å². The quantitative estimate of drug-likeness (QED) is 0.623. The second-order valence-corrected chi connectivity index (χ2v) is 8.29. The fourth-order valence-electron chi connectivity index (χ4n) is 3.02. The maximum Gasteiger partial charge on any atom is 0.293 e. The number of hydrogen-bond donors (Lipinski definition) is 0. The number of ether oxygens (including phenoxy) is 2. The number of benzene rings is 2. The van der Waals surface area contributed by atoms with Gasteiger partial charge in [-0.25, -0.2) is 0 Å². The second-order valence-electron chi connectivity index (χ2n) is 6.89. The molecule has 2 aromatic carbocycles. The number of halogens is 1. The molecule has 0 N–H and O–H groups in total. The SMILES string of the molecule is CC(C)c1ccc(/C=C2/SC(=O)N(Cc3cc4c(cc3Cl)OCO4)C2=O)cc1. The van der Waals surface area contributed by atoms with Gasteiger partial charge >= 0.3 is 0 Å². The molecular weight excluding hydrogens is 398 g/mol. The highest BCUT2D eigenvalue weighted by Crippen LogP contribution is 2.39. The lowest BCUT2D eigenvalue weighted by Crippen LogP contribution is -2.27. The van der Waals surface area contributed by atoms with Gasteiger partial charge in [-0.1, -0.05) is 49.7 Å². The first kappa shape index (κ1) is 18.9. The van der Waals surface area contributed by atoms with Crippen molar-refractivity contribution >= 4 is 40.6 Å². The van der Waals surface area contributed by atoms with Crippen molar-refractivity contribution in [3.63, 3.8) is 0 Å². The van der Waals surface area contributed by atoms with E-state index in [4.69, 9.17) is 21.1 Å². The Bertz CT molecular complexity index is 985. The predicted octanol–water partition coefficient (Wildman–Crippen LogP) is 5.43. The highest BCUT2D eigenvalue weighted by atomic mass is 35.5. The van der Waals surface area contributed by atoms with E-state index in [-0.39, 0.29) is 24.5 Å². The molecular formula is C21H18ClNO4S. The van der Waals surface area contributed by atoms with Gasteiger partial charge in [0.05, 0.1) is 11.4 Å². The lowest BCUT2D eigenvalue weighted by atomic mass is 10.0. The van der Waals surface area contributed by atoms with Gasteiger partial charge in [0.1, 0.15) is 0 Å². The first-order chi connectivity index (χ1) is 13.4. The molecule has 0 radical (unpaired) electrons. The summed E-state index contributed by atoms with van der Waals surface area (Å²) in [5.74, 6) is 1.24.